The van der Waals surface area contributed by atoms with Crippen LogP contribution in [0.4, 0.5) is 0 Å². The summed E-state index contributed by atoms with van der Waals surface area (Å²) in [7, 11) is 0. The zero-order valence-corrected chi connectivity index (χ0v) is 12.8. The van der Waals surface area contributed by atoms with Gasteiger partial charge in [-0.3, -0.25) is 4.79 Å². The molecular weight excluding hydrogens is 250 g/mol. The largest absolute Gasteiger partial charge is 0.342 e. The number of piperidine rings is 1. The lowest BCUT2D eigenvalue weighted by Gasteiger charge is -2.34. The number of nitrogens with zero attached hydrogens (tertiary/aromatic N) is 2. The number of amides is 1. The SMILES string of the molecule is CC(C)(CCC#N)CNC1CCN(C(=O)C2CC2)CC1. The Kier molecular flexibility index (Phi) is 5.04. The van der Waals surface area contributed by atoms with E-state index in [1.807, 2.05) is 0 Å². The highest BCUT2D eigenvalue weighted by atomic mass is 16.2. The second-order valence-corrected chi connectivity index (χ2v) is 7.08. The second kappa shape index (κ2) is 6.58. The molecule has 1 amide bonds. The van der Waals surface area contributed by atoms with Crippen molar-refractivity contribution in [2.75, 3.05) is 19.6 Å². The molecule has 0 aromatic carbocycles. The topological polar surface area (TPSA) is 56.1 Å². The van der Waals surface area contributed by atoms with Gasteiger partial charge in [0, 0.05) is 38.0 Å². The molecule has 0 spiro atoms. The molecule has 1 heterocycles. The lowest BCUT2D eigenvalue weighted by atomic mass is 9.87. The highest BCUT2D eigenvalue weighted by Crippen LogP contribution is 2.32. The van der Waals surface area contributed by atoms with E-state index in [9.17, 15) is 4.79 Å². The monoisotopic (exact) mass is 277 g/mol. The Morgan fingerprint density at radius 3 is 2.50 bits per heavy atom. The van der Waals surface area contributed by atoms with Crippen molar-refractivity contribution in [3.8, 4) is 6.07 Å². The highest BCUT2D eigenvalue weighted by molar-refractivity contribution is 5.81. The minimum atomic E-state index is 0.177. The molecule has 4 heteroatoms. The zero-order valence-electron chi connectivity index (χ0n) is 12.8. The summed E-state index contributed by atoms with van der Waals surface area (Å²) in [5.41, 5.74) is 0.177. The highest BCUT2D eigenvalue weighted by Gasteiger charge is 2.35. The van der Waals surface area contributed by atoms with E-state index in [-0.39, 0.29) is 5.41 Å². The molecule has 1 saturated heterocycles. The van der Waals surface area contributed by atoms with Gasteiger partial charge in [-0.15, -0.1) is 0 Å². The van der Waals surface area contributed by atoms with E-state index in [2.05, 4.69) is 30.1 Å². The maximum atomic E-state index is 12.0. The average Bonchev–Trinajstić information content (AvgIpc) is 3.27. The van der Waals surface area contributed by atoms with Crippen LogP contribution in [0.15, 0.2) is 0 Å². The van der Waals surface area contributed by atoms with Gasteiger partial charge in [0.2, 0.25) is 5.91 Å². The third kappa shape index (κ3) is 4.49. The Morgan fingerprint density at radius 1 is 1.30 bits per heavy atom. The lowest BCUT2D eigenvalue weighted by molar-refractivity contribution is -0.133. The first-order valence-corrected chi connectivity index (χ1v) is 7.91. The quantitative estimate of drug-likeness (QED) is 0.810. The molecular formula is C16H27N3O. The van der Waals surface area contributed by atoms with Crippen LogP contribution in [0.1, 0.15) is 52.4 Å². The van der Waals surface area contributed by atoms with Crippen molar-refractivity contribution in [3.05, 3.63) is 0 Å². The summed E-state index contributed by atoms with van der Waals surface area (Å²) in [4.78, 5) is 14.0. The molecule has 112 valence electrons. The molecule has 20 heavy (non-hydrogen) atoms. The van der Waals surface area contributed by atoms with Gasteiger partial charge in [-0.25, -0.2) is 0 Å². The molecule has 0 aromatic heterocycles. The molecule has 0 atom stereocenters. The van der Waals surface area contributed by atoms with Gasteiger partial charge in [-0.2, -0.15) is 5.26 Å². The number of nitrogens with one attached hydrogen (secondary N) is 1. The van der Waals surface area contributed by atoms with Crippen LogP contribution in [0.25, 0.3) is 0 Å². The molecule has 0 aromatic rings. The minimum Gasteiger partial charge on any atom is -0.342 e. The van der Waals surface area contributed by atoms with Gasteiger partial charge in [0.15, 0.2) is 0 Å². The predicted octanol–water partition coefficient (Wildman–Crippen LogP) is 2.31. The van der Waals surface area contributed by atoms with Crippen molar-refractivity contribution in [1.29, 1.82) is 5.26 Å². The summed E-state index contributed by atoms with van der Waals surface area (Å²) in [5, 5.41) is 12.3. The molecule has 1 N–H and O–H groups in total. The molecule has 1 saturated carbocycles. The van der Waals surface area contributed by atoms with Gasteiger partial charge >= 0.3 is 0 Å². The summed E-state index contributed by atoms with van der Waals surface area (Å²) in [6.45, 7) is 7.19. The van der Waals surface area contributed by atoms with Gasteiger partial charge < -0.3 is 10.2 Å². The van der Waals surface area contributed by atoms with E-state index in [0.29, 0.717) is 24.3 Å². The van der Waals surface area contributed by atoms with Gasteiger partial charge in [0.25, 0.3) is 0 Å². The molecule has 4 nitrogen and oxygen atoms in total. The Balaban J connectivity index is 1.66. The molecule has 0 radical (unpaired) electrons. The van der Waals surface area contributed by atoms with Crippen LogP contribution in [0, 0.1) is 22.7 Å². The molecule has 2 rings (SSSR count). The van der Waals surface area contributed by atoms with E-state index in [1.54, 1.807) is 0 Å². The standard InChI is InChI=1S/C16H27N3O/c1-16(2,8-3-9-17)12-18-14-6-10-19(11-7-14)15(20)13-4-5-13/h13-14,18H,3-8,10-12H2,1-2H3. The molecule has 2 fully saturated rings. The third-order valence-electron chi connectivity index (χ3n) is 4.52. The number of hydrogen-bond acceptors (Lipinski definition) is 3. The van der Waals surface area contributed by atoms with E-state index in [4.69, 9.17) is 5.26 Å². The van der Waals surface area contributed by atoms with E-state index in [1.165, 1.54) is 0 Å². The van der Waals surface area contributed by atoms with Crippen LogP contribution < -0.4 is 5.32 Å². The van der Waals surface area contributed by atoms with Gasteiger partial charge in [-0.05, 0) is 37.5 Å². The van der Waals surface area contributed by atoms with Crippen molar-refractivity contribution >= 4 is 5.91 Å². The Morgan fingerprint density at radius 2 is 1.95 bits per heavy atom. The van der Waals surface area contributed by atoms with Crippen LogP contribution in [0.3, 0.4) is 0 Å². The summed E-state index contributed by atoms with van der Waals surface area (Å²) >= 11 is 0. The Bertz CT molecular complexity index is 374. The van der Waals surface area contributed by atoms with Crippen molar-refractivity contribution in [2.24, 2.45) is 11.3 Å². The first-order chi connectivity index (χ1) is 9.52. The van der Waals surface area contributed by atoms with Crippen LogP contribution in [0.2, 0.25) is 0 Å². The summed E-state index contributed by atoms with van der Waals surface area (Å²) in [6.07, 6.45) is 5.90. The Hall–Kier alpha value is -1.08. The molecule has 1 aliphatic carbocycles. The fourth-order valence-electron chi connectivity index (χ4n) is 2.80. The van der Waals surface area contributed by atoms with E-state index in [0.717, 1.165) is 51.7 Å². The lowest BCUT2D eigenvalue weighted by Crippen LogP contribution is -2.47. The first kappa shape index (κ1) is 15.3. The van der Waals surface area contributed by atoms with Crippen LogP contribution in [-0.4, -0.2) is 36.5 Å². The number of hydrogen-bond donors (Lipinski definition) is 1. The molecule has 0 unspecified atom stereocenters. The zero-order chi connectivity index (χ0) is 14.6. The first-order valence-electron chi connectivity index (χ1n) is 7.91. The normalized spacial score (nSPS) is 20.8. The number of carbonyl (C=O) groups excluding carboxylic acids is 1. The second-order valence-electron chi connectivity index (χ2n) is 7.08. The van der Waals surface area contributed by atoms with Crippen molar-refractivity contribution in [2.45, 2.75) is 58.4 Å². The number of likely N-dealkylation sites (tertiary alicyclic amines) is 1. The van der Waals surface area contributed by atoms with Crippen molar-refractivity contribution in [3.63, 3.8) is 0 Å². The molecule has 1 aliphatic heterocycles. The van der Waals surface area contributed by atoms with Gasteiger partial charge in [0.05, 0.1) is 6.07 Å². The smallest absolute Gasteiger partial charge is 0.225 e. The Labute approximate surface area is 122 Å². The molecule has 2 aliphatic rings. The maximum absolute atomic E-state index is 12.0. The predicted molar refractivity (Wildman–Crippen MR) is 79.0 cm³/mol. The van der Waals surface area contributed by atoms with Crippen molar-refractivity contribution in [1.82, 2.24) is 10.2 Å². The van der Waals surface area contributed by atoms with Gasteiger partial charge in [-0.1, -0.05) is 13.8 Å². The molecule has 0 bridgehead atoms. The number of carbonyl (C=O) groups is 1. The minimum absolute atomic E-state index is 0.177. The van der Waals surface area contributed by atoms with Crippen molar-refractivity contribution < 1.29 is 4.79 Å². The summed E-state index contributed by atoms with van der Waals surface area (Å²) in [6, 6.07) is 2.75. The van der Waals surface area contributed by atoms with Gasteiger partial charge in [0.1, 0.15) is 0 Å². The summed E-state index contributed by atoms with van der Waals surface area (Å²) < 4.78 is 0. The van der Waals surface area contributed by atoms with Crippen LogP contribution >= 0.6 is 0 Å². The summed E-state index contributed by atoms with van der Waals surface area (Å²) in [5.74, 6) is 0.738. The van der Waals surface area contributed by atoms with E-state index < -0.39 is 0 Å². The fourth-order valence-corrected chi connectivity index (χ4v) is 2.80. The fraction of sp³-hybridized carbons (Fsp3) is 0.875. The third-order valence-corrected chi connectivity index (χ3v) is 4.52. The number of rotatable bonds is 6. The maximum Gasteiger partial charge on any atom is 0.225 e. The average molecular weight is 277 g/mol. The van der Waals surface area contributed by atoms with Crippen LogP contribution in [0.5, 0.6) is 0 Å². The van der Waals surface area contributed by atoms with Crippen LogP contribution in [-0.2, 0) is 4.79 Å². The van der Waals surface area contributed by atoms with E-state index >= 15 is 0 Å². The number of nitriles is 1.